The summed E-state index contributed by atoms with van der Waals surface area (Å²) in [6.07, 6.45) is 0.733. The van der Waals surface area contributed by atoms with Crippen LogP contribution in [0, 0.1) is 5.41 Å². The van der Waals surface area contributed by atoms with E-state index in [1.54, 1.807) is 12.1 Å². The van der Waals surface area contributed by atoms with E-state index < -0.39 is 6.04 Å². The number of nitrogens with one attached hydrogen (secondary N) is 1. The summed E-state index contributed by atoms with van der Waals surface area (Å²) in [5, 5.41) is 13.2. The van der Waals surface area contributed by atoms with Gasteiger partial charge in [-0.15, -0.1) is 0 Å². The fraction of sp³-hybridized carbons (Fsp3) is 0.444. The van der Waals surface area contributed by atoms with Crippen molar-refractivity contribution in [3.8, 4) is 5.75 Å². The number of ether oxygens (including phenoxy) is 1. The number of aliphatic hydroxyl groups is 1. The molecule has 0 bridgehead atoms. The van der Waals surface area contributed by atoms with Crippen molar-refractivity contribution in [1.82, 2.24) is 5.32 Å². The maximum Gasteiger partial charge on any atom is 0.217 e. The summed E-state index contributed by atoms with van der Waals surface area (Å²) >= 11 is 0. The third kappa shape index (κ3) is 3.73. The molecule has 5 nitrogen and oxygen atoms in total. The number of aliphatic hydroxyl groups excluding tert-OH is 1. The number of rotatable bonds is 4. The van der Waals surface area contributed by atoms with Crippen LogP contribution >= 0.6 is 0 Å². The van der Waals surface area contributed by atoms with E-state index in [2.05, 4.69) is 5.32 Å². The van der Waals surface area contributed by atoms with Gasteiger partial charge in [-0.2, -0.15) is 0 Å². The summed E-state index contributed by atoms with van der Waals surface area (Å²) in [7, 11) is 1.53. The van der Waals surface area contributed by atoms with Crippen molar-refractivity contribution >= 4 is 11.7 Å². The van der Waals surface area contributed by atoms with E-state index in [1.807, 2.05) is 26.0 Å². The Balaban J connectivity index is 2.55. The summed E-state index contributed by atoms with van der Waals surface area (Å²) in [6, 6.07) is 6.45. The first-order valence-electron chi connectivity index (χ1n) is 7.60. The molecule has 0 aliphatic heterocycles. The molecule has 1 amide bonds. The normalized spacial score (nSPS) is 18.5. The number of benzene rings is 1. The van der Waals surface area contributed by atoms with Gasteiger partial charge >= 0.3 is 0 Å². The number of ketones is 1. The molecule has 1 aromatic carbocycles. The minimum atomic E-state index is -0.716. The van der Waals surface area contributed by atoms with E-state index in [1.165, 1.54) is 14.0 Å². The maximum atomic E-state index is 12.6. The molecule has 0 aromatic heterocycles. The third-order valence-electron chi connectivity index (χ3n) is 3.98. The van der Waals surface area contributed by atoms with Gasteiger partial charge in [0.1, 0.15) is 11.5 Å². The maximum absolute atomic E-state index is 12.6. The van der Waals surface area contributed by atoms with Crippen LogP contribution in [0.1, 0.15) is 45.2 Å². The molecule has 0 heterocycles. The van der Waals surface area contributed by atoms with Crippen LogP contribution in [0.3, 0.4) is 0 Å². The molecule has 0 fully saturated rings. The summed E-state index contributed by atoms with van der Waals surface area (Å²) in [6.45, 7) is 5.26. The van der Waals surface area contributed by atoms with Crippen molar-refractivity contribution in [2.45, 2.75) is 39.7 Å². The Morgan fingerprint density at radius 2 is 1.96 bits per heavy atom. The van der Waals surface area contributed by atoms with Crippen LogP contribution in [0.4, 0.5) is 0 Å². The molecule has 1 aromatic rings. The second kappa shape index (κ2) is 6.44. The number of carbonyl (C=O) groups is 2. The van der Waals surface area contributed by atoms with Gasteiger partial charge in [0.15, 0.2) is 5.78 Å². The van der Waals surface area contributed by atoms with Crippen molar-refractivity contribution in [2.24, 2.45) is 5.41 Å². The highest BCUT2D eigenvalue weighted by atomic mass is 16.5. The lowest BCUT2D eigenvalue weighted by molar-refractivity contribution is -0.120. The molecular weight excluding hydrogens is 294 g/mol. The average Bonchev–Trinajstić information content (AvgIpc) is 2.43. The largest absolute Gasteiger partial charge is 0.512 e. The predicted octanol–water partition coefficient (Wildman–Crippen LogP) is 3.07. The van der Waals surface area contributed by atoms with Crippen molar-refractivity contribution < 1.29 is 19.4 Å². The van der Waals surface area contributed by atoms with Crippen LogP contribution in [0.25, 0.3) is 0 Å². The van der Waals surface area contributed by atoms with Gasteiger partial charge in [-0.3, -0.25) is 9.59 Å². The van der Waals surface area contributed by atoms with E-state index in [9.17, 15) is 14.7 Å². The van der Waals surface area contributed by atoms with Crippen LogP contribution in [0.15, 0.2) is 35.6 Å². The molecule has 1 unspecified atom stereocenters. The van der Waals surface area contributed by atoms with E-state index in [0.29, 0.717) is 24.2 Å². The molecule has 0 saturated carbocycles. The molecule has 1 aliphatic carbocycles. The molecule has 0 saturated heterocycles. The molecule has 0 radical (unpaired) electrons. The number of amides is 1. The number of carbonyl (C=O) groups excluding carboxylic acids is 2. The number of hydrogen-bond acceptors (Lipinski definition) is 4. The molecule has 1 aliphatic rings. The monoisotopic (exact) mass is 317 g/mol. The summed E-state index contributed by atoms with van der Waals surface area (Å²) in [4.78, 5) is 24.2. The quantitative estimate of drug-likeness (QED) is 0.895. The van der Waals surface area contributed by atoms with Crippen molar-refractivity contribution in [3.63, 3.8) is 0 Å². The van der Waals surface area contributed by atoms with Gasteiger partial charge in [0.25, 0.3) is 0 Å². The zero-order valence-corrected chi connectivity index (χ0v) is 14.0. The fourth-order valence-electron chi connectivity index (χ4n) is 3.04. The first-order chi connectivity index (χ1) is 10.7. The van der Waals surface area contributed by atoms with E-state index in [-0.39, 0.29) is 28.4 Å². The minimum Gasteiger partial charge on any atom is -0.512 e. The Morgan fingerprint density at radius 3 is 2.52 bits per heavy atom. The first-order valence-corrected chi connectivity index (χ1v) is 7.60. The lowest BCUT2D eigenvalue weighted by Crippen LogP contribution is -2.35. The van der Waals surface area contributed by atoms with Gasteiger partial charge in [-0.1, -0.05) is 32.0 Å². The number of methoxy groups -OCH3 is 1. The molecule has 2 rings (SSSR count). The van der Waals surface area contributed by atoms with Crippen molar-refractivity contribution in [3.05, 3.63) is 41.2 Å². The average molecular weight is 317 g/mol. The first kappa shape index (κ1) is 17.1. The van der Waals surface area contributed by atoms with Crippen LogP contribution in [-0.2, 0) is 9.59 Å². The van der Waals surface area contributed by atoms with Crippen molar-refractivity contribution in [1.29, 1.82) is 0 Å². The standard InChI is InChI=1S/C18H23NO4/c1-11(20)19-17(12-7-5-6-8-15(12)23-4)16-13(21)9-18(2,3)10-14(16)22/h5-8,17,21H,9-10H2,1-4H3,(H,19,20). The highest BCUT2D eigenvalue weighted by molar-refractivity contribution is 5.99. The Kier molecular flexibility index (Phi) is 4.78. The second-order valence-electron chi connectivity index (χ2n) is 6.68. The molecule has 2 N–H and O–H groups in total. The van der Waals surface area contributed by atoms with Crippen LogP contribution in [-0.4, -0.2) is 23.9 Å². The molecule has 1 atom stereocenters. The van der Waals surface area contributed by atoms with Crippen LogP contribution < -0.4 is 10.1 Å². The Morgan fingerprint density at radius 1 is 1.30 bits per heavy atom. The highest BCUT2D eigenvalue weighted by Gasteiger charge is 2.38. The van der Waals surface area contributed by atoms with E-state index >= 15 is 0 Å². The zero-order valence-electron chi connectivity index (χ0n) is 14.0. The molecule has 5 heteroatoms. The van der Waals surface area contributed by atoms with Gasteiger partial charge in [0.2, 0.25) is 5.91 Å². The van der Waals surface area contributed by atoms with Gasteiger partial charge in [0, 0.05) is 25.3 Å². The topological polar surface area (TPSA) is 75.6 Å². The molecular formula is C18H23NO4. The SMILES string of the molecule is COc1ccccc1C(NC(C)=O)C1=C(O)CC(C)(C)CC1=O. The van der Waals surface area contributed by atoms with Gasteiger partial charge in [-0.05, 0) is 11.5 Å². The lowest BCUT2D eigenvalue weighted by Gasteiger charge is -2.33. The van der Waals surface area contributed by atoms with Gasteiger partial charge in [-0.25, -0.2) is 0 Å². The zero-order chi connectivity index (χ0) is 17.2. The Labute approximate surface area is 136 Å². The fourth-order valence-corrected chi connectivity index (χ4v) is 3.04. The second-order valence-corrected chi connectivity index (χ2v) is 6.68. The smallest absolute Gasteiger partial charge is 0.217 e. The predicted molar refractivity (Wildman–Crippen MR) is 87.2 cm³/mol. The summed E-state index contributed by atoms with van der Waals surface area (Å²) < 4.78 is 5.34. The van der Waals surface area contributed by atoms with E-state index in [0.717, 1.165) is 0 Å². The van der Waals surface area contributed by atoms with Gasteiger partial charge in [0.05, 0.1) is 18.7 Å². The number of allylic oxidation sites excluding steroid dienone is 1. The molecule has 124 valence electrons. The van der Waals surface area contributed by atoms with E-state index in [4.69, 9.17) is 4.74 Å². The molecule has 0 spiro atoms. The van der Waals surface area contributed by atoms with Crippen LogP contribution in [0.5, 0.6) is 5.75 Å². The van der Waals surface area contributed by atoms with Crippen molar-refractivity contribution in [2.75, 3.05) is 7.11 Å². The molecule has 23 heavy (non-hydrogen) atoms. The minimum absolute atomic E-state index is 0.0379. The number of Topliss-reactive ketones (excluding diaryl/α,β-unsaturated/α-hetero) is 1. The Bertz CT molecular complexity index is 661. The summed E-state index contributed by atoms with van der Waals surface area (Å²) in [5.74, 6) is 0.169. The number of hydrogen-bond donors (Lipinski definition) is 2. The highest BCUT2D eigenvalue weighted by Crippen LogP contribution is 2.41. The summed E-state index contributed by atoms with van der Waals surface area (Å²) in [5.41, 5.74) is 0.621. The lowest BCUT2D eigenvalue weighted by atomic mass is 9.74. The van der Waals surface area contributed by atoms with Crippen LogP contribution in [0.2, 0.25) is 0 Å². The third-order valence-corrected chi connectivity index (χ3v) is 3.98. The van der Waals surface area contributed by atoms with Gasteiger partial charge < -0.3 is 15.2 Å². The number of para-hydroxylation sites is 1. The Hall–Kier alpha value is -2.30.